The monoisotopic (exact) mass is 270 g/mol. The molecule has 0 radical (unpaired) electrons. The summed E-state index contributed by atoms with van der Waals surface area (Å²) in [4.78, 5) is 18.7. The zero-order valence-corrected chi connectivity index (χ0v) is 12.3. The molecule has 1 rings (SSSR count). The average Bonchev–Trinajstić information content (AvgIpc) is 2.69. The molecule has 1 heterocycles. The Kier molecular flexibility index (Phi) is 5.40. The molecule has 0 aliphatic heterocycles. The highest BCUT2D eigenvalue weighted by atomic mass is 32.1. The Morgan fingerprint density at radius 2 is 2.22 bits per heavy atom. The molecule has 5 nitrogen and oxygen atoms in total. The standard InChI is InChI=1S/C12H22N4OS/c1-5-7-8(3)16(4)11(17)9-10(13)15-12(18-9)14-6-2/h8H,5-7,13H2,1-4H3,(H,14,15). The fourth-order valence-corrected chi connectivity index (χ4v) is 2.62. The zero-order valence-electron chi connectivity index (χ0n) is 11.5. The number of nitrogens with zero attached hydrogens (tertiary/aromatic N) is 2. The van der Waals surface area contributed by atoms with E-state index in [0.717, 1.165) is 19.4 Å². The summed E-state index contributed by atoms with van der Waals surface area (Å²) in [7, 11) is 1.81. The van der Waals surface area contributed by atoms with Crippen LogP contribution in [0.2, 0.25) is 0 Å². The van der Waals surface area contributed by atoms with E-state index in [4.69, 9.17) is 5.73 Å². The van der Waals surface area contributed by atoms with Crippen molar-refractivity contribution in [3.8, 4) is 0 Å². The van der Waals surface area contributed by atoms with Crippen LogP contribution in [0.25, 0.3) is 0 Å². The SMILES string of the molecule is CCCC(C)N(C)C(=O)c1sc(NCC)nc1N. The molecule has 0 aromatic carbocycles. The van der Waals surface area contributed by atoms with Crippen LogP contribution in [0, 0.1) is 0 Å². The molecule has 1 atom stereocenters. The topological polar surface area (TPSA) is 71.2 Å². The van der Waals surface area contributed by atoms with E-state index in [1.165, 1.54) is 11.3 Å². The van der Waals surface area contributed by atoms with E-state index in [1.807, 2.05) is 20.9 Å². The molecule has 0 spiro atoms. The van der Waals surface area contributed by atoms with Crippen molar-refractivity contribution in [1.29, 1.82) is 0 Å². The van der Waals surface area contributed by atoms with Crippen LogP contribution in [0.3, 0.4) is 0 Å². The summed E-state index contributed by atoms with van der Waals surface area (Å²) in [6.45, 7) is 6.90. The number of aromatic nitrogens is 1. The normalized spacial score (nSPS) is 12.2. The van der Waals surface area contributed by atoms with Crippen LogP contribution in [-0.2, 0) is 0 Å². The number of thiazole rings is 1. The van der Waals surface area contributed by atoms with Gasteiger partial charge in [-0.05, 0) is 20.3 Å². The maximum atomic E-state index is 12.3. The predicted octanol–water partition coefficient (Wildman–Crippen LogP) is 2.42. The minimum atomic E-state index is -0.0462. The van der Waals surface area contributed by atoms with Gasteiger partial charge in [0.2, 0.25) is 0 Å². The van der Waals surface area contributed by atoms with Crippen LogP contribution in [0.5, 0.6) is 0 Å². The second kappa shape index (κ2) is 6.58. The molecular weight excluding hydrogens is 248 g/mol. The molecule has 1 amide bonds. The van der Waals surface area contributed by atoms with E-state index >= 15 is 0 Å². The quantitative estimate of drug-likeness (QED) is 0.832. The lowest BCUT2D eigenvalue weighted by Crippen LogP contribution is -2.34. The smallest absolute Gasteiger partial charge is 0.267 e. The van der Waals surface area contributed by atoms with Crippen LogP contribution in [0.4, 0.5) is 10.9 Å². The molecule has 18 heavy (non-hydrogen) atoms. The first kappa shape index (κ1) is 14.8. The Morgan fingerprint density at radius 3 is 2.78 bits per heavy atom. The maximum absolute atomic E-state index is 12.3. The molecule has 1 unspecified atom stereocenters. The third-order valence-corrected chi connectivity index (χ3v) is 3.88. The van der Waals surface area contributed by atoms with E-state index < -0.39 is 0 Å². The van der Waals surface area contributed by atoms with Gasteiger partial charge in [0.15, 0.2) is 5.13 Å². The lowest BCUT2D eigenvalue weighted by Gasteiger charge is -2.24. The van der Waals surface area contributed by atoms with Gasteiger partial charge >= 0.3 is 0 Å². The summed E-state index contributed by atoms with van der Waals surface area (Å²) in [6, 6.07) is 0.214. The fraction of sp³-hybridized carbons (Fsp3) is 0.667. The molecular formula is C12H22N4OS. The second-order valence-corrected chi connectivity index (χ2v) is 5.32. The Labute approximate surface area is 112 Å². The van der Waals surface area contributed by atoms with Crippen molar-refractivity contribution >= 4 is 28.2 Å². The van der Waals surface area contributed by atoms with Gasteiger partial charge in [-0.1, -0.05) is 24.7 Å². The zero-order chi connectivity index (χ0) is 13.7. The molecule has 0 aliphatic carbocycles. The van der Waals surface area contributed by atoms with Gasteiger partial charge in [-0.15, -0.1) is 0 Å². The van der Waals surface area contributed by atoms with Crippen LogP contribution in [-0.4, -0.2) is 35.4 Å². The number of rotatable bonds is 6. The maximum Gasteiger partial charge on any atom is 0.267 e. The molecule has 3 N–H and O–H groups in total. The van der Waals surface area contributed by atoms with Gasteiger partial charge in [0, 0.05) is 19.6 Å². The van der Waals surface area contributed by atoms with E-state index in [9.17, 15) is 4.79 Å². The van der Waals surface area contributed by atoms with E-state index in [0.29, 0.717) is 15.8 Å². The third-order valence-electron chi connectivity index (χ3n) is 2.86. The van der Waals surface area contributed by atoms with Crippen molar-refractivity contribution in [3.63, 3.8) is 0 Å². The lowest BCUT2D eigenvalue weighted by atomic mass is 10.1. The Hall–Kier alpha value is -1.30. The molecule has 0 aliphatic rings. The first-order valence-corrected chi connectivity index (χ1v) is 7.10. The van der Waals surface area contributed by atoms with Crippen molar-refractivity contribution in [3.05, 3.63) is 4.88 Å². The minimum absolute atomic E-state index is 0.0462. The van der Waals surface area contributed by atoms with E-state index in [1.54, 1.807) is 4.90 Å². The molecule has 1 aromatic heterocycles. The summed E-state index contributed by atoms with van der Waals surface area (Å²) in [5, 5.41) is 3.78. The van der Waals surface area contributed by atoms with E-state index in [-0.39, 0.29) is 11.9 Å². The first-order chi connectivity index (χ1) is 8.51. The summed E-state index contributed by atoms with van der Waals surface area (Å²) in [6.07, 6.45) is 2.04. The lowest BCUT2D eigenvalue weighted by molar-refractivity contribution is 0.0742. The van der Waals surface area contributed by atoms with Crippen molar-refractivity contribution in [2.75, 3.05) is 24.6 Å². The van der Waals surface area contributed by atoms with E-state index in [2.05, 4.69) is 17.2 Å². The number of amides is 1. The third kappa shape index (κ3) is 3.35. The van der Waals surface area contributed by atoms with Gasteiger partial charge in [0.1, 0.15) is 10.7 Å². The van der Waals surface area contributed by atoms with Gasteiger partial charge in [-0.2, -0.15) is 0 Å². The highest BCUT2D eigenvalue weighted by molar-refractivity contribution is 7.18. The fourth-order valence-electron chi connectivity index (χ4n) is 1.68. The first-order valence-electron chi connectivity index (χ1n) is 6.28. The molecule has 1 aromatic rings. The number of anilines is 2. The number of nitrogens with two attached hydrogens (primary N) is 1. The van der Waals surface area contributed by atoms with Crippen LogP contribution < -0.4 is 11.1 Å². The van der Waals surface area contributed by atoms with Crippen molar-refractivity contribution < 1.29 is 4.79 Å². The molecule has 6 heteroatoms. The van der Waals surface area contributed by atoms with Crippen molar-refractivity contribution in [2.24, 2.45) is 0 Å². The number of hydrogen-bond donors (Lipinski definition) is 2. The molecule has 0 bridgehead atoms. The molecule has 0 saturated heterocycles. The second-order valence-electron chi connectivity index (χ2n) is 4.32. The van der Waals surface area contributed by atoms with Crippen molar-refractivity contribution in [1.82, 2.24) is 9.88 Å². The van der Waals surface area contributed by atoms with Gasteiger partial charge in [0.05, 0.1) is 0 Å². The minimum Gasteiger partial charge on any atom is -0.382 e. The number of carbonyl (C=O) groups is 1. The highest BCUT2D eigenvalue weighted by Gasteiger charge is 2.22. The average molecular weight is 270 g/mol. The Balaban J connectivity index is 2.82. The summed E-state index contributed by atoms with van der Waals surface area (Å²) < 4.78 is 0. The largest absolute Gasteiger partial charge is 0.382 e. The van der Waals surface area contributed by atoms with Crippen molar-refractivity contribution in [2.45, 2.75) is 39.7 Å². The number of carbonyl (C=O) groups excluding carboxylic acids is 1. The number of hydrogen-bond acceptors (Lipinski definition) is 5. The number of nitrogens with one attached hydrogen (secondary N) is 1. The summed E-state index contributed by atoms with van der Waals surface area (Å²) >= 11 is 1.32. The Morgan fingerprint density at radius 1 is 1.56 bits per heavy atom. The van der Waals surface area contributed by atoms with Gasteiger partial charge in [0.25, 0.3) is 5.91 Å². The van der Waals surface area contributed by atoms with Gasteiger partial charge in [-0.25, -0.2) is 4.98 Å². The van der Waals surface area contributed by atoms with Crippen LogP contribution in [0.1, 0.15) is 43.3 Å². The summed E-state index contributed by atoms with van der Waals surface area (Å²) in [5.41, 5.74) is 5.80. The highest BCUT2D eigenvalue weighted by Crippen LogP contribution is 2.26. The van der Waals surface area contributed by atoms with Crippen LogP contribution in [0.15, 0.2) is 0 Å². The van der Waals surface area contributed by atoms with Gasteiger partial charge in [-0.3, -0.25) is 4.79 Å². The predicted molar refractivity (Wildman–Crippen MR) is 77.2 cm³/mol. The molecule has 0 saturated carbocycles. The Bertz CT molecular complexity index is 405. The van der Waals surface area contributed by atoms with Gasteiger partial charge < -0.3 is 16.0 Å². The summed E-state index contributed by atoms with van der Waals surface area (Å²) in [5.74, 6) is 0.270. The van der Waals surface area contributed by atoms with Crippen LogP contribution >= 0.6 is 11.3 Å². The molecule has 0 fully saturated rings. The molecule has 102 valence electrons. The number of nitrogen functional groups attached to an aromatic ring is 1.